The molecule has 0 radical (unpaired) electrons. The molecule has 0 spiro atoms. The van der Waals surface area contributed by atoms with Crippen molar-refractivity contribution in [2.75, 3.05) is 0 Å². The van der Waals surface area contributed by atoms with E-state index in [4.69, 9.17) is 0 Å². The van der Waals surface area contributed by atoms with Gasteiger partial charge in [-0.1, -0.05) is 24.3 Å². The second-order valence-corrected chi connectivity index (χ2v) is 4.89. The number of fused-ring (bicyclic) bond motifs is 4. The Balaban J connectivity index is 0.00000132. The van der Waals surface area contributed by atoms with E-state index in [9.17, 15) is 9.59 Å². The summed E-state index contributed by atoms with van der Waals surface area (Å²) in [4.78, 5) is 29.4. The molecule has 0 fully saturated rings. The van der Waals surface area contributed by atoms with Crippen molar-refractivity contribution in [3.63, 3.8) is 0 Å². The van der Waals surface area contributed by atoms with Gasteiger partial charge in [-0.15, -0.1) is 0 Å². The Hall–Kier alpha value is -2.82. The smallest absolute Gasteiger partial charge is 0.266 e. The Bertz CT molecular complexity index is 960. The molecule has 1 aromatic heterocycles. The molecule has 1 aliphatic heterocycles. The van der Waals surface area contributed by atoms with Crippen LogP contribution in [0.4, 0.5) is 4.70 Å². The Kier molecular flexibility index (Phi) is 2.73. The standard InChI is InChI=1S/C16H10N2O2.FH/c1-9-5-4-7-11-13(9)18-15(14(11)19)17-12-8-3-2-6-10(12)16(18)20;/h2-8H,1H3;1H. The molecule has 2 aromatic carbocycles. The van der Waals surface area contributed by atoms with E-state index in [0.717, 1.165) is 5.56 Å². The molecule has 0 amide bonds. The molecule has 0 unspecified atom stereocenters. The molecule has 21 heavy (non-hydrogen) atoms. The molecule has 0 N–H and O–H groups in total. The van der Waals surface area contributed by atoms with E-state index in [-0.39, 0.29) is 21.9 Å². The number of ketones is 1. The highest BCUT2D eigenvalue weighted by Gasteiger charge is 2.31. The van der Waals surface area contributed by atoms with Crippen LogP contribution in [-0.4, -0.2) is 15.3 Å². The fraction of sp³-hybridized carbons (Fsp3) is 0.0625. The predicted molar refractivity (Wildman–Crippen MR) is 78.0 cm³/mol. The normalized spacial score (nSPS) is 12.0. The first-order chi connectivity index (χ1) is 9.68. The minimum atomic E-state index is -0.188. The fourth-order valence-electron chi connectivity index (χ4n) is 2.75. The first-order valence-electron chi connectivity index (χ1n) is 6.35. The van der Waals surface area contributed by atoms with Gasteiger partial charge in [-0.3, -0.25) is 18.9 Å². The van der Waals surface area contributed by atoms with Crippen molar-refractivity contribution in [2.45, 2.75) is 6.92 Å². The number of aryl methyl sites for hydroxylation is 1. The van der Waals surface area contributed by atoms with Crippen molar-refractivity contribution in [3.05, 3.63) is 69.8 Å². The summed E-state index contributed by atoms with van der Waals surface area (Å²) < 4.78 is 1.44. The number of carbonyl (C=O) groups excluding carboxylic acids is 1. The molecule has 0 aliphatic carbocycles. The summed E-state index contributed by atoms with van der Waals surface area (Å²) in [5.41, 5.74) is 2.48. The van der Waals surface area contributed by atoms with Crippen molar-refractivity contribution in [2.24, 2.45) is 0 Å². The number of halogens is 1. The van der Waals surface area contributed by atoms with E-state index >= 15 is 0 Å². The molecule has 0 bridgehead atoms. The van der Waals surface area contributed by atoms with Gasteiger partial charge in [0.15, 0.2) is 5.82 Å². The van der Waals surface area contributed by atoms with Gasteiger partial charge in [-0.05, 0) is 30.7 Å². The van der Waals surface area contributed by atoms with Crippen LogP contribution in [0.3, 0.4) is 0 Å². The third kappa shape index (κ3) is 1.57. The Morgan fingerprint density at radius 2 is 1.76 bits per heavy atom. The summed E-state index contributed by atoms with van der Waals surface area (Å²) in [5.74, 6) is 0.0181. The first kappa shape index (κ1) is 13.2. The Morgan fingerprint density at radius 3 is 2.57 bits per heavy atom. The summed E-state index contributed by atoms with van der Waals surface area (Å²) in [6.45, 7) is 1.89. The Labute approximate surface area is 119 Å². The number of para-hydroxylation sites is 2. The monoisotopic (exact) mass is 282 g/mol. The molecular formula is C16H11FN2O2. The van der Waals surface area contributed by atoms with Crippen LogP contribution in [0.15, 0.2) is 47.3 Å². The lowest BCUT2D eigenvalue weighted by Gasteiger charge is -2.07. The van der Waals surface area contributed by atoms with Crippen LogP contribution in [0.5, 0.6) is 0 Å². The van der Waals surface area contributed by atoms with Gasteiger partial charge in [0.05, 0.1) is 22.2 Å². The maximum atomic E-state index is 12.7. The lowest BCUT2D eigenvalue weighted by Crippen LogP contribution is -2.21. The topological polar surface area (TPSA) is 52.0 Å². The van der Waals surface area contributed by atoms with Crippen molar-refractivity contribution < 1.29 is 9.50 Å². The maximum Gasteiger partial charge on any atom is 0.266 e. The predicted octanol–water partition coefficient (Wildman–Crippen LogP) is 2.39. The number of nitrogens with zero attached hydrogens (tertiary/aromatic N) is 2. The lowest BCUT2D eigenvalue weighted by atomic mass is 10.1. The number of aromatic nitrogens is 2. The van der Waals surface area contributed by atoms with Crippen molar-refractivity contribution in [3.8, 4) is 5.69 Å². The zero-order valence-electron chi connectivity index (χ0n) is 11.2. The van der Waals surface area contributed by atoms with Gasteiger partial charge in [0.2, 0.25) is 5.78 Å². The molecule has 0 atom stereocenters. The van der Waals surface area contributed by atoms with E-state index in [1.165, 1.54) is 4.57 Å². The number of benzene rings is 2. The van der Waals surface area contributed by atoms with Gasteiger partial charge in [0.25, 0.3) is 5.56 Å². The second-order valence-electron chi connectivity index (χ2n) is 4.89. The van der Waals surface area contributed by atoms with Gasteiger partial charge in [-0.25, -0.2) is 4.98 Å². The quantitative estimate of drug-likeness (QED) is 0.497. The summed E-state index contributed by atoms with van der Waals surface area (Å²) in [6, 6.07) is 12.5. The van der Waals surface area contributed by atoms with Crippen LogP contribution < -0.4 is 5.56 Å². The molecule has 1 aliphatic rings. The van der Waals surface area contributed by atoms with Gasteiger partial charge in [0, 0.05) is 0 Å². The molecule has 4 nitrogen and oxygen atoms in total. The van der Waals surface area contributed by atoms with E-state index in [1.54, 1.807) is 24.3 Å². The van der Waals surface area contributed by atoms with Gasteiger partial charge in [0.1, 0.15) is 0 Å². The highest BCUT2D eigenvalue weighted by molar-refractivity contribution is 6.13. The third-order valence-corrected chi connectivity index (χ3v) is 3.68. The van der Waals surface area contributed by atoms with Crippen LogP contribution in [0, 0.1) is 6.92 Å². The largest absolute Gasteiger partial charge is 0.285 e. The van der Waals surface area contributed by atoms with Crippen LogP contribution in [0.1, 0.15) is 21.7 Å². The maximum absolute atomic E-state index is 12.7. The Morgan fingerprint density at radius 1 is 1.00 bits per heavy atom. The minimum Gasteiger partial charge on any atom is -0.285 e. The van der Waals surface area contributed by atoms with E-state index in [1.807, 2.05) is 25.1 Å². The second kappa shape index (κ2) is 4.34. The zero-order valence-corrected chi connectivity index (χ0v) is 11.2. The minimum absolute atomic E-state index is 0. The van der Waals surface area contributed by atoms with Gasteiger partial charge in [-0.2, -0.15) is 0 Å². The average molecular weight is 282 g/mol. The summed E-state index contributed by atoms with van der Waals surface area (Å²) in [6.07, 6.45) is 0. The molecule has 0 saturated carbocycles. The number of carbonyl (C=O) groups is 1. The van der Waals surface area contributed by atoms with Crippen LogP contribution in [0.25, 0.3) is 16.6 Å². The summed E-state index contributed by atoms with van der Waals surface area (Å²) >= 11 is 0. The van der Waals surface area contributed by atoms with Gasteiger partial charge < -0.3 is 0 Å². The van der Waals surface area contributed by atoms with Crippen LogP contribution in [-0.2, 0) is 0 Å². The average Bonchev–Trinajstić information content (AvgIpc) is 2.75. The molecule has 3 aromatic rings. The highest BCUT2D eigenvalue weighted by Crippen LogP contribution is 2.28. The van der Waals surface area contributed by atoms with E-state index < -0.39 is 0 Å². The van der Waals surface area contributed by atoms with Crippen molar-refractivity contribution in [1.29, 1.82) is 0 Å². The molecule has 2 heterocycles. The first-order valence-corrected chi connectivity index (χ1v) is 6.35. The van der Waals surface area contributed by atoms with Gasteiger partial charge >= 0.3 is 0 Å². The zero-order chi connectivity index (χ0) is 13.9. The molecule has 104 valence electrons. The summed E-state index contributed by atoms with van der Waals surface area (Å²) in [5, 5.41) is 0.528. The molecule has 5 heteroatoms. The van der Waals surface area contributed by atoms with Crippen LogP contribution >= 0.6 is 0 Å². The molecule has 0 saturated heterocycles. The number of hydrogen-bond donors (Lipinski definition) is 0. The third-order valence-electron chi connectivity index (χ3n) is 3.68. The SMILES string of the molecule is Cc1cccc2c1-n1c(nc3ccccc3c1=O)C2=O.F. The molecular weight excluding hydrogens is 271 g/mol. The van der Waals surface area contributed by atoms with Crippen molar-refractivity contribution in [1.82, 2.24) is 9.55 Å². The summed E-state index contributed by atoms with van der Waals surface area (Å²) in [7, 11) is 0. The number of rotatable bonds is 0. The van der Waals surface area contributed by atoms with E-state index in [2.05, 4.69) is 4.98 Å². The number of hydrogen-bond acceptors (Lipinski definition) is 3. The highest BCUT2D eigenvalue weighted by atomic mass is 19.0. The van der Waals surface area contributed by atoms with Crippen LogP contribution in [0.2, 0.25) is 0 Å². The lowest BCUT2D eigenvalue weighted by molar-refractivity contribution is 0.103. The van der Waals surface area contributed by atoms with E-state index in [0.29, 0.717) is 22.2 Å². The fourth-order valence-corrected chi connectivity index (χ4v) is 2.75. The van der Waals surface area contributed by atoms with Crippen molar-refractivity contribution >= 4 is 16.7 Å². The molecule has 4 rings (SSSR count).